The quantitative estimate of drug-likeness (QED) is 0.772. The summed E-state index contributed by atoms with van der Waals surface area (Å²) in [7, 11) is 0. The molecule has 1 aromatic carbocycles. The highest BCUT2D eigenvalue weighted by molar-refractivity contribution is 6.31. The summed E-state index contributed by atoms with van der Waals surface area (Å²) >= 11 is 5.41. The first-order valence-corrected chi connectivity index (χ1v) is 3.98. The summed E-state index contributed by atoms with van der Waals surface area (Å²) in [6.45, 7) is 0. The van der Waals surface area contributed by atoms with Gasteiger partial charge in [-0.05, 0) is 12.1 Å². The maximum atomic E-state index is 13.0. The molecule has 1 nitrogen and oxygen atoms in total. The third-order valence-corrected chi connectivity index (χ3v) is 1.99. The van der Waals surface area contributed by atoms with Crippen molar-refractivity contribution in [3.8, 4) is 0 Å². The van der Waals surface area contributed by atoms with Gasteiger partial charge in [0.15, 0.2) is 0 Å². The first kappa shape index (κ1) is 14.5. The second kappa shape index (κ2) is 5.01. The summed E-state index contributed by atoms with van der Waals surface area (Å²) < 4.78 is 49.4. The number of nitrogens with two attached hydrogens (primary N) is 1. The highest BCUT2D eigenvalue weighted by Gasteiger charge is 2.40. The van der Waals surface area contributed by atoms with Crippen LogP contribution in [-0.2, 0) is 0 Å². The van der Waals surface area contributed by atoms with Gasteiger partial charge in [-0.2, -0.15) is 13.2 Å². The lowest BCUT2D eigenvalue weighted by Gasteiger charge is -2.17. The molecule has 0 saturated carbocycles. The summed E-state index contributed by atoms with van der Waals surface area (Å²) in [5, 5.41) is -0.324. The van der Waals surface area contributed by atoms with Crippen LogP contribution in [0.25, 0.3) is 0 Å². The van der Waals surface area contributed by atoms with Gasteiger partial charge in [0.2, 0.25) is 0 Å². The number of benzene rings is 1. The molecule has 15 heavy (non-hydrogen) atoms. The Hall–Kier alpha value is -0.520. The zero-order chi connectivity index (χ0) is 10.9. The first-order valence-electron chi connectivity index (χ1n) is 3.60. The van der Waals surface area contributed by atoms with E-state index in [1.165, 1.54) is 6.07 Å². The molecule has 0 heterocycles. The molecule has 1 rings (SSSR count). The Morgan fingerprint density at radius 1 is 1.27 bits per heavy atom. The van der Waals surface area contributed by atoms with Crippen LogP contribution in [0.3, 0.4) is 0 Å². The smallest absolute Gasteiger partial charge is 0.316 e. The van der Waals surface area contributed by atoms with E-state index in [1.807, 2.05) is 0 Å². The van der Waals surface area contributed by atoms with Crippen molar-refractivity contribution >= 4 is 24.0 Å². The van der Waals surface area contributed by atoms with E-state index in [2.05, 4.69) is 0 Å². The molecule has 0 amide bonds. The average molecular weight is 264 g/mol. The summed E-state index contributed by atoms with van der Waals surface area (Å²) in [6, 6.07) is 0.860. The fraction of sp³-hybridized carbons (Fsp3) is 0.250. The fourth-order valence-corrected chi connectivity index (χ4v) is 1.25. The van der Waals surface area contributed by atoms with E-state index in [9.17, 15) is 17.6 Å². The van der Waals surface area contributed by atoms with Crippen molar-refractivity contribution in [3.63, 3.8) is 0 Å². The van der Waals surface area contributed by atoms with Crippen molar-refractivity contribution in [2.45, 2.75) is 12.2 Å². The van der Waals surface area contributed by atoms with Gasteiger partial charge in [0.25, 0.3) is 0 Å². The zero-order valence-corrected chi connectivity index (χ0v) is 8.76. The summed E-state index contributed by atoms with van der Waals surface area (Å²) in [6.07, 6.45) is -4.70. The lowest BCUT2D eigenvalue weighted by molar-refractivity contribution is -0.149. The largest absolute Gasteiger partial charge is 0.407 e. The lowest BCUT2D eigenvalue weighted by Crippen LogP contribution is -2.29. The van der Waals surface area contributed by atoms with E-state index in [4.69, 9.17) is 17.3 Å². The van der Waals surface area contributed by atoms with Crippen LogP contribution in [0.5, 0.6) is 0 Å². The van der Waals surface area contributed by atoms with Gasteiger partial charge >= 0.3 is 6.18 Å². The maximum Gasteiger partial charge on any atom is 0.407 e. The zero-order valence-electron chi connectivity index (χ0n) is 7.18. The van der Waals surface area contributed by atoms with E-state index in [1.54, 1.807) is 0 Å². The molecule has 1 aromatic rings. The molecule has 0 radical (unpaired) electrons. The topological polar surface area (TPSA) is 26.0 Å². The highest BCUT2D eigenvalue weighted by Crippen LogP contribution is 2.35. The summed E-state index contributed by atoms with van der Waals surface area (Å²) in [4.78, 5) is 0. The molecule has 0 unspecified atom stereocenters. The Morgan fingerprint density at radius 3 is 2.20 bits per heavy atom. The molecule has 1 atom stereocenters. The van der Waals surface area contributed by atoms with Gasteiger partial charge < -0.3 is 5.73 Å². The molecule has 86 valence electrons. The van der Waals surface area contributed by atoms with E-state index < -0.39 is 23.6 Å². The fourth-order valence-electron chi connectivity index (χ4n) is 0.971. The normalized spacial score (nSPS) is 13.2. The Labute approximate surface area is 94.6 Å². The van der Waals surface area contributed by atoms with Gasteiger partial charge in [0.1, 0.15) is 11.9 Å². The monoisotopic (exact) mass is 263 g/mol. The Balaban J connectivity index is 0.00000196. The van der Waals surface area contributed by atoms with Gasteiger partial charge in [-0.25, -0.2) is 4.39 Å². The van der Waals surface area contributed by atoms with Crippen LogP contribution in [0.1, 0.15) is 11.6 Å². The molecule has 2 N–H and O–H groups in total. The second-order valence-corrected chi connectivity index (χ2v) is 3.06. The molecular formula is C8H7Cl2F4N. The van der Waals surface area contributed by atoms with Crippen molar-refractivity contribution in [3.05, 3.63) is 34.6 Å². The summed E-state index contributed by atoms with van der Waals surface area (Å²) in [5.41, 5.74) is 4.10. The number of hydrogen-bond acceptors (Lipinski definition) is 1. The van der Waals surface area contributed by atoms with Gasteiger partial charge in [-0.1, -0.05) is 17.7 Å². The van der Waals surface area contributed by atoms with Gasteiger partial charge in [-0.3, -0.25) is 0 Å². The van der Waals surface area contributed by atoms with Crippen molar-refractivity contribution in [2.75, 3.05) is 0 Å². The van der Waals surface area contributed by atoms with Crippen LogP contribution in [-0.4, -0.2) is 6.18 Å². The summed E-state index contributed by atoms with van der Waals surface area (Å²) in [5.74, 6) is -1.05. The van der Waals surface area contributed by atoms with Crippen LogP contribution in [0.15, 0.2) is 18.2 Å². The van der Waals surface area contributed by atoms with E-state index in [-0.39, 0.29) is 17.4 Å². The molecule has 0 aliphatic heterocycles. The van der Waals surface area contributed by atoms with Crippen LogP contribution in [0.2, 0.25) is 5.02 Å². The molecule has 0 aliphatic carbocycles. The van der Waals surface area contributed by atoms with Crippen LogP contribution >= 0.6 is 24.0 Å². The molecule has 7 heteroatoms. The minimum absolute atomic E-state index is 0. The molecule has 0 spiro atoms. The second-order valence-electron chi connectivity index (χ2n) is 2.65. The molecule has 0 bridgehead atoms. The lowest BCUT2D eigenvalue weighted by atomic mass is 10.1. The van der Waals surface area contributed by atoms with E-state index in [0.717, 1.165) is 12.1 Å². The van der Waals surface area contributed by atoms with E-state index >= 15 is 0 Å². The highest BCUT2D eigenvalue weighted by atomic mass is 35.5. The number of hydrogen-bond donors (Lipinski definition) is 1. The predicted octanol–water partition coefficient (Wildman–Crippen LogP) is 3.46. The van der Waals surface area contributed by atoms with Crippen LogP contribution < -0.4 is 5.73 Å². The minimum atomic E-state index is -4.70. The SMILES string of the molecule is Cl.N[C@H](c1c(F)cccc1Cl)C(F)(F)F. The number of rotatable bonds is 1. The predicted molar refractivity (Wildman–Crippen MR) is 51.6 cm³/mol. The van der Waals surface area contributed by atoms with Crippen molar-refractivity contribution in [2.24, 2.45) is 5.73 Å². The van der Waals surface area contributed by atoms with E-state index in [0.29, 0.717) is 0 Å². The molecule has 0 aromatic heterocycles. The average Bonchev–Trinajstić information content (AvgIpc) is 2.01. The molecular weight excluding hydrogens is 257 g/mol. The van der Waals surface area contributed by atoms with Gasteiger partial charge in [0, 0.05) is 10.6 Å². The Morgan fingerprint density at radius 2 is 1.80 bits per heavy atom. The third kappa shape index (κ3) is 3.22. The van der Waals surface area contributed by atoms with Crippen LogP contribution in [0, 0.1) is 5.82 Å². The minimum Gasteiger partial charge on any atom is -0.316 e. The molecule has 0 saturated heterocycles. The van der Waals surface area contributed by atoms with Crippen molar-refractivity contribution < 1.29 is 17.6 Å². The Kier molecular flexibility index (Phi) is 4.83. The Bertz CT molecular complexity index is 320. The van der Waals surface area contributed by atoms with Crippen molar-refractivity contribution in [1.29, 1.82) is 0 Å². The number of alkyl halides is 3. The van der Waals surface area contributed by atoms with Gasteiger partial charge in [0.05, 0.1) is 0 Å². The molecule has 0 aliphatic rings. The standard InChI is InChI=1S/C8H6ClF4N.ClH/c9-4-2-1-3-5(10)6(4)7(14)8(11,12)13;/h1-3,7H,14H2;1H/t7-;/m1./s1. The first-order chi connectivity index (χ1) is 6.34. The van der Waals surface area contributed by atoms with Crippen LogP contribution in [0.4, 0.5) is 17.6 Å². The maximum absolute atomic E-state index is 13.0. The third-order valence-electron chi connectivity index (χ3n) is 1.66. The van der Waals surface area contributed by atoms with Gasteiger partial charge in [-0.15, -0.1) is 12.4 Å². The van der Waals surface area contributed by atoms with Crippen molar-refractivity contribution in [1.82, 2.24) is 0 Å². The number of halogens is 6. The molecule has 0 fully saturated rings.